The van der Waals surface area contributed by atoms with E-state index in [1.807, 2.05) is 0 Å². The molecular formula is C13H17F2NO4. The van der Waals surface area contributed by atoms with Gasteiger partial charge in [0.2, 0.25) is 5.91 Å². The van der Waals surface area contributed by atoms with E-state index in [1.165, 1.54) is 7.11 Å². The number of ether oxygens (including phenoxy) is 2. The molecule has 0 spiro atoms. The van der Waals surface area contributed by atoms with Crippen LogP contribution in [0.2, 0.25) is 0 Å². The molecule has 7 heteroatoms. The van der Waals surface area contributed by atoms with Crippen molar-refractivity contribution in [2.75, 3.05) is 20.3 Å². The van der Waals surface area contributed by atoms with Crippen LogP contribution in [0.5, 0.6) is 0 Å². The number of allylic oxidation sites excluding steroid dienone is 2. The summed E-state index contributed by atoms with van der Waals surface area (Å²) in [4.78, 5) is 23.0. The van der Waals surface area contributed by atoms with Crippen LogP contribution in [0, 0.1) is 0 Å². The minimum absolute atomic E-state index is 0.0695. The lowest BCUT2D eigenvalue weighted by Gasteiger charge is -2.40. The fraction of sp³-hybridized carbons (Fsp3) is 0.538. The predicted molar refractivity (Wildman–Crippen MR) is 67.2 cm³/mol. The molecule has 1 rings (SSSR count). The lowest BCUT2D eigenvalue weighted by molar-refractivity contribution is -0.151. The summed E-state index contributed by atoms with van der Waals surface area (Å²) in [6.07, 6.45) is 1.18. The summed E-state index contributed by atoms with van der Waals surface area (Å²) < 4.78 is 36.0. The second-order valence-corrected chi connectivity index (χ2v) is 4.67. The van der Waals surface area contributed by atoms with E-state index >= 15 is 0 Å². The van der Waals surface area contributed by atoms with E-state index in [-0.39, 0.29) is 19.6 Å². The molecule has 0 radical (unpaired) electrons. The maximum absolute atomic E-state index is 13.2. The molecule has 1 heterocycles. The van der Waals surface area contributed by atoms with Gasteiger partial charge in [0.25, 0.3) is 5.92 Å². The van der Waals surface area contributed by atoms with Crippen molar-refractivity contribution in [2.24, 2.45) is 0 Å². The van der Waals surface area contributed by atoms with Gasteiger partial charge in [0.05, 0.1) is 32.3 Å². The van der Waals surface area contributed by atoms with Crippen LogP contribution in [0.1, 0.15) is 13.3 Å². The molecule has 0 unspecified atom stereocenters. The van der Waals surface area contributed by atoms with Gasteiger partial charge in [0, 0.05) is 11.6 Å². The minimum Gasteiger partial charge on any atom is -0.469 e. The molecule has 1 aliphatic rings. The zero-order valence-electron chi connectivity index (χ0n) is 11.4. The van der Waals surface area contributed by atoms with E-state index in [1.54, 1.807) is 0 Å². The summed E-state index contributed by atoms with van der Waals surface area (Å²) in [7, 11) is 1.23. The first-order valence-corrected chi connectivity index (χ1v) is 5.91. The third-order valence-corrected chi connectivity index (χ3v) is 2.99. The van der Waals surface area contributed by atoms with E-state index in [2.05, 4.69) is 16.6 Å². The minimum atomic E-state index is -3.25. The van der Waals surface area contributed by atoms with Gasteiger partial charge in [0.1, 0.15) is 0 Å². The van der Waals surface area contributed by atoms with Gasteiger partial charge in [-0.1, -0.05) is 6.58 Å². The summed E-state index contributed by atoms with van der Waals surface area (Å²) in [6, 6.07) is 0. The zero-order valence-corrected chi connectivity index (χ0v) is 11.4. The first-order valence-electron chi connectivity index (χ1n) is 5.91. The third-order valence-electron chi connectivity index (χ3n) is 2.99. The highest BCUT2D eigenvalue weighted by molar-refractivity contribution is 5.89. The number of methoxy groups -OCH3 is 1. The fourth-order valence-electron chi connectivity index (χ4n) is 1.67. The number of rotatable bonds is 6. The van der Waals surface area contributed by atoms with E-state index in [9.17, 15) is 18.4 Å². The zero-order chi connectivity index (χ0) is 15.4. The van der Waals surface area contributed by atoms with Crippen molar-refractivity contribution < 1.29 is 27.8 Å². The summed E-state index contributed by atoms with van der Waals surface area (Å²) in [5.41, 5.74) is -1.32. The highest BCUT2D eigenvalue weighted by atomic mass is 19.3. The van der Waals surface area contributed by atoms with Gasteiger partial charge in [-0.15, -0.1) is 0 Å². The molecule has 0 aromatic rings. The van der Waals surface area contributed by atoms with Crippen LogP contribution in [-0.4, -0.2) is 43.7 Å². The first kappa shape index (κ1) is 16.3. The van der Waals surface area contributed by atoms with Gasteiger partial charge in [0.15, 0.2) is 0 Å². The number of carbonyl (C=O) groups is 2. The van der Waals surface area contributed by atoms with Crippen molar-refractivity contribution >= 4 is 11.9 Å². The Kier molecular flexibility index (Phi) is 4.99. The molecule has 0 aromatic carbocycles. The van der Waals surface area contributed by atoms with Gasteiger partial charge >= 0.3 is 5.97 Å². The Morgan fingerprint density at radius 3 is 2.50 bits per heavy atom. The lowest BCUT2D eigenvalue weighted by atomic mass is 9.93. The maximum Gasteiger partial charge on any atom is 0.308 e. The normalized spacial score (nSPS) is 17.9. The lowest BCUT2D eigenvalue weighted by Crippen LogP contribution is -2.63. The van der Waals surface area contributed by atoms with Crippen molar-refractivity contribution in [3.8, 4) is 0 Å². The molecule has 5 nitrogen and oxygen atoms in total. The molecule has 0 saturated carbocycles. The smallest absolute Gasteiger partial charge is 0.308 e. The molecule has 0 aromatic heterocycles. The van der Waals surface area contributed by atoms with Crippen molar-refractivity contribution in [3.05, 3.63) is 24.3 Å². The number of esters is 1. The first-order chi connectivity index (χ1) is 9.24. The van der Waals surface area contributed by atoms with Crippen LogP contribution in [0.3, 0.4) is 0 Å². The monoisotopic (exact) mass is 289 g/mol. The van der Waals surface area contributed by atoms with E-state index in [0.29, 0.717) is 6.08 Å². The summed E-state index contributed by atoms with van der Waals surface area (Å²) in [5.74, 6) is -4.47. The highest BCUT2D eigenvalue weighted by Crippen LogP contribution is 2.25. The SMILES string of the molecule is C=CC(F)(F)/C(C)=C/C(=O)NC1(CC(=O)OC)COC1. The Balaban J connectivity index is 2.71. The molecule has 0 bridgehead atoms. The van der Waals surface area contributed by atoms with Crippen LogP contribution in [-0.2, 0) is 19.1 Å². The second kappa shape index (κ2) is 6.13. The van der Waals surface area contributed by atoms with E-state index in [4.69, 9.17) is 4.74 Å². The maximum atomic E-state index is 13.2. The number of nitrogens with one attached hydrogen (secondary N) is 1. The van der Waals surface area contributed by atoms with Gasteiger partial charge in [-0.05, 0) is 13.0 Å². The Morgan fingerprint density at radius 2 is 2.10 bits per heavy atom. The van der Waals surface area contributed by atoms with Gasteiger partial charge in [-0.2, -0.15) is 8.78 Å². The molecule has 1 amide bonds. The Morgan fingerprint density at radius 1 is 1.50 bits per heavy atom. The number of hydrogen-bond donors (Lipinski definition) is 1. The number of halogens is 2. The van der Waals surface area contributed by atoms with Crippen LogP contribution in [0.4, 0.5) is 8.78 Å². The number of carbonyl (C=O) groups excluding carboxylic acids is 2. The molecule has 1 N–H and O–H groups in total. The number of alkyl halides is 2. The van der Waals surface area contributed by atoms with Crippen molar-refractivity contribution in [2.45, 2.75) is 24.8 Å². The summed E-state index contributed by atoms with van der Waals surface area (Å²) in [5, 5.41) is 2.51. The third kappa shape index (κ3) is 3.86. The molecule has 1 saturated heterocycles. The van der Waals surface area contributed by atoms with Crippen molar-refractivity contribution in [1.29, 1.82) is 0 Å². The molecule has 0 aliphatic carbocycles. The molecule has 112 valence electrons. The molecule has 1 fully saturated rings. The summed E-state index contributed by atoms with van der Waals surface area (Å²) in [6.45, 7) is 4.41. The van der Waals surface area contributed by atoms with Crippen LogP contribution >= 0.6 is 0 Å². The summed E-state index contributed by atoms with van der Waals surface area (Å²) >= 11 is 0. The van der Waals surface area contributed by atoms with Gasteiger partial charge in [-0.25, -0.2) is 0 Å². The molecule has 0 atom stereocenters. The standard InChI is InChI=1S/C13H17F2NO4/c1-4-13(14,15)9(2)5-10(17)16-12(7-20-8-12)6-11(18)19-3/h4-5H,1,6-8H2,2-3H3,(H,16,17)/b9-5+. The molecular weight excluding hydrogens is 272 g/mol. The van der Waals surface area contributed by atoms with Crippen LogP contribution in [0.15, 0.2) is 24.3 Å². The van der Waals surface area contributed by atoms with E-state index in [0.717, 1.165) is 13.0 Å². The number of hydrogen-bond acceptors (Lipinski definition) is 4. The van der Waals surface area contributed by atoms with Gasteiger partial charge < -0.3 is 14.8 Å². The van der Waals surface area contributed by atoms with Crippen molar-refractivity contribution in [1.82, 2.24) is 5.32 Å². The van der Waals surface area contributed by atoms with Crippen LogP contribution in [0.25, 0.3) is 0 Å². The highest BCUT2D eigenvalue weighted by Gasteiger charge is 2.42. The van der Waals surface area contributed by atoms with Crippen LogP contribution < -0.4 is 5.32 Å². The fourth-order valence-corrected chi connectivity index (χ4v) is 1.67. The van der Waals surface area contributed by atoms with Crippen molar-refractivity contribution in [3.63, 3.8) is 0 Å². The Hall–Kier alpha value is -1.76. The average molecular weight is 289 g/mol. The Labute approximate surface area is 115 Å². The largest absolute Gasteiger partial charge is 0.469 e. The molecule has 20 heavy (non-hydrogen) atoms. The van der Waals surface area contributed by atoms with Gasteiger partial charge in [-0.3, -0.25) is 9.59 Å². The topological polar surface area (TPSA) is 64.6 Å². The van der Waals surface area contributed by atoms with E-state index < -0.39 is 28.9 Å². The number of amides is 1. The second-order valence-electron chi connectivity index (χ2n) is 4.67. The Bertz CT molecular complexity index is 442. The average Bonchev–Trinajstić information content (AvgIpc) is 2.35. The molecule has 1 aliphatic heterocycles. The quantitative estimate of drug-likeness (QED) is 0.453. The predicted octanol–water partition coefficient (Wildman–Crippen LogP) is 1.20.